The van der Waals surface area contributed by atoms with E-state index in [2.05, 4.69) is 0 Å². The van der Waals surface area contributed by atoms with Crippen LogP contribution in [0.15, 0.2) is 0 Å². The molecule has 0 amide bonds. The largest absolute Gasteiger partial charge is 1.00 e. The van der Waals surface area contributed by atoms with Gasteiger partial charge in [0.1, 0.15) is 0 Å². The van der Waals surface area contributed by atoms with Crippen LogP contribution in [0.3, 0.4) is 0 Å². The van der Waals surface area contributed by atoms with Crippen LogP contribution in [0.25, 0.3) is 0 Å². The van der Waals surface area contributed by atoms with Crippen LogP contribution in [-0.4, -0.2) is 32.0 Å². The monoisotopic (exact) mass is 182 g/mol. The summed E-state index contributed by atoms with van der Waals surface area (Å²) in [6.45, 7) is 0. The van der Waals surface area contributed by atoms with E-state index in [4.69, 9.17) is 34.3 Å². The molecule has 0 aliphatic carbocycles. The molecule has 0 saturated carbocycles. The Labute approximate surface area is 79.0 Å². The fourth-order valence-electron chi connectivity index (χ4n) is 0. The summed E-state index contributed by atoms with van der Waals surface area (Å²) in [5, 5.41) is 22.8. The molecular formula is H5BNaO7P. The van der Waals surface area contributed by atoms with Gasteiger partial charge in [-0.25, -0.2) is 4.57 Å². The quantitative estimate of drug-likeness (QED) is 0.185. The zero-order valence-corrected chi connectivity index (χ0v) is 7.97. The summed E-state index contributed by atoms with van der Waals surface area (Å²) in [4.78, 5) is 21.6. The van der Waals surface area contributed by atoms with E-state index in [1.807, 2.05) is 0 Å². The molecular weight excluding hydrogens is 177 g/mol. The maximum absolute atomic E-state index is 8.88. The molecule has 0 unspecified atom stereocenters. The number of hydrogen-bond acceptors (Lipinski definition) is 4. The molecule has 5 N–H and O–H groups in total. The molecule has 10 heteroatoms. The minimum absolute atomic E-state index is 0. The van der Waals surface area contributed by atoms with Gasteiger partial charge in [0.15, 0.2) is 0 Å². The summed E-state index contributed by atoms with van der Waals surface area (Å²) in [6, 6.07) is 0. The van der Waals surface area contributed by atoms with E-state index in [0.717, 1.165) is 0 Å². The van der Waals surface area contributed by atoms with Crippen molar-refractivity contribution < 1.29 is 63.9 Å². The topological polar surface area (TPSA) is 141 Å². The predicted octanol–water partition coefficient (Wildman–Crippen LogP) is -6.61. The molecule has 0 atom stereocenters. The van der Waals surface area contributed by atoms with Gasteiger partial charge in [-0.2, -0.15) is 0 Å². The van der Waals surface area contributed by atoms with Gasteiger partial charge in [0.25, 0.3) is 0 Å². The molecule has 0 rings (SSSR count). The summed E-state index contributed by atoms with van der Waals surface area (Å²) in [6.07, 6.45) is 0. The summed E-state index contributed by atoms with van der Waals surface area (Å²) < 4.78 is 8.88. The van der Waals surface area contributed by atoms with Gasteiger partial charge in [-0.3, -0.25) is 0 Å². The van der Waals surface area contributed by atoms with Crippen molar-refractivity contribution >= 4 is 15.1 Å². The number of rotatable bonds is 0. The second-order valence-electron chi connectivity index (χ2n) is 0.840. The maximum Gasteiger partial charge on any atom is 1.00 e. The van der Waals surface area contributed by atoms with Crippen molar-refractivity contribution in [3.8, 4) is 0 Å². The Kier molecular flexibility index (Phi) is 14.0. The van der Waals surface area contributed by atoms with Crippen molar-refractivity contribution in [2.75, 3.05) is 0 Å². The molecule has 0 aromatic rings. The molecule has 56 valence electrons. The third-order valence-corrected chi connectivity index (χ3v) is 0. The van der Waals surface area contributed by atoms with E-state index in [-0.39, 0.29) is 29.6 Å². The van der Waals surface area contributed by atoms with E-state index < -0.39 is 15.1 Å². The predicted molar refractivity (Wildman–Crippen MR) is 24.5 cm³/mol. The second-order valence-corrected chi connectivity index (χ2v) is 1.87. The van der Waals surface area contributed by atoms with Crippen LogP contribution in [0.1, 0.15) is 0 Å². The first-order valence-corrected chi connectivity index (χ1v) is 3.10. The second kappa shape index (κ2) is 8.15. The molecule has 0 aliphatic heterocycles. The Morgan fingerprint density at radius 1 is 1.20 bits per heavy atom. The van der Waals surface area contributed by atoms with Crippen LogP contribution in [0, 0.1) is 0 Å². The third kappa shape index (κ3) is 528. The minimum Gasteiger partial charge on any atom is -0.832 e. The Morgan fingerprint density at radius 2 is 1.20 bits per heavy atom. The van der Waals surface area contributed by atoms with Gasteiger partial charge in [-0.05, 0) is 0 Å². The summed E-state index contributed by atoms with van der Waals surface area (Å²) in [5.74, 6) is 0. The van der Waals surface area contributed by atoms with E-state index in [9.17, 15) is 0 Å². The SMILES string of the molecule is O=P(O)(O)O.[Na+].[O-]B(O)O. The Morgan fingerprint density at radius 3 is 1.20 bits per heavy atom. The van der Waals surface area contributed by atoms with Crippen LogP contribution in [0.2, 0.25) is 0 Å². The molecule has 0 aliphatic rings. The standard InChI is InChI=1S/BH2O3.Na.H3O4P/c2-1(3)4;;1-5(2,3)4/h2-3H;;(H3,1,2,3,4)/q-1;+1;. The number of hydrogen-bond donors (Lipinski definition) is 5. The van der Waals surface area contributed by atoms with Crippen molar-refractivity contribution in [2.45, 2.75) is 0 Å². The zero-order valence-electron chi connectivity index (χ0n) is 5.08. The first-order chi connectivity index (χ1) is 3.73. The minimum atomic E-state index is -4.64. The molecule has 0 saturated heterocycles. The van der Waals surface area contributed by atoms with Crippen molar-refractivity contribution in [1.29, 1.82) is 0 Å². The van der Waals surface area contributed by atoms with Gasteiger partial charge in [0, 0.05) is 0 Å². The Balaban J connectivity index is -0.0000000910. The maximum atomic E-state index is 8.88. The van der Waals surface area contributed by atoms with Gasteiger partial charge in [0.2, 0.25) is 0 Å². The number of phosphoric acid groups is 1. The fourth-order valence-corrected chi connectivity index (χ4v) is 0. The summed E-state index contributed by atoms with van der Waals surface area (Å²) in [5.41, 5.74) is 0. The molecule has 10 heavy (non-hydrogen) atoms. The fraction of sp³-hybridized carbons (Fsp3) is 0. The smallest absolute Gasteiger partial charge is 0.832 e. The van der Waals surface area contributed by atoms with Crippen molar-refractivity contribution in [3.05, 3.63) is 0 Å². The molecule has 0 aromatic heterocycles. The first-order valence-electron chi connectivity index (χ1n) is 1.53. The van der Waals surface area contributed by atoms with E-state index in [0.29, 0.717) is 0 Å². The average Bonchev–Trinajstić information content (AvgIpc) is 1.19. The van der Waals surface area contributed by atoms with Crippen LogP contribution in [0.5, 0.6) is 0 Å². The Hall–Kier alpha value is 1.05. The summed E-state index contributed by atoms with van der Waals surface area (Å²) >= 11 is 0. The first kappa shape index (κ1) is 17.2. The molecule has 0 heterocycles. The Bertz CT molecular complexity index is 84.8. The van der Waals surface area contributed by atoms with Gasteiger partial charge in [-0.15, -0.1) is 0 Å². The van der Waals surface area contributed by atoms with Crippen LogP contribution in [-0.2, 0) is 4.57 Å². The molecule has 0 radical (unpaired) electrons. The van der Waals surface area contributed by atoms with Crippen molar-refractivity contribution in [2.24, 2.45) is 0 Å². The molecule has 0 bridgehead atoms. The van der Waals surface area contributed by atoms with Gasteiger partial charge >= 0.3 is 44.7 Å². The van der Waals surface area contributed by atoms with E-state index in [1.165, 1.54) is 0 Å². The molecule has 0 spiro atoms. The van der Waals surface area contributed by atoms with Gasteiger partial charge in [-0.1, -0.05) is 0 Å². The van der Waals surface area contributed by atoms with Gasteiger partial charge < -0.3 is 29.8 Å². The van der Waals surface area contributed by atoms with E-state index in [1.54, 1.807) is 0 Å². The molecule has 0 aromatic carbocycles. The average molecular weight is 182 g/mol. The van der Waals surface area contributed by atoms with Crippen LogP contribution < -0.4 is 34.6 Å². The van der Waals surface area contributed by atoms with Crippen LogP contribution >= 0.6 is 7.82 Å². The third-order valence-electron chi connectivity index (χ3n) is 0. The van der Waals surface area contributed by atoms with Crippen LogP contribution in [0.4, 0.5) is 0 Å². The van der Waals surface area contributed by atoms with Gasteiger partial charge in [0.05, 0.1) is 0 Å². The zero-order chi connectivity index (χ0) is 8.08. The van der Waals surface area contributed by atoms with Crippen molar-refractivity contribution in [3.63, 3.8) is 0 Å². The summed E-state index contributed by atoms with van der Waals surface area (Å²) in [7, 11) is -7.06. The molecule has 0 fully saturated rings. The van der Waals surface area contributed by atoms with Crippen molar-refractivity contribution in [1.82, 2.24) is 0 Å². The van der Waals surface area contributed by atoms with E-state index >= 15 is 0 Å². The normalized spacial score (nSPS) is 8.60. The molecule has 7 nitrogen and oxygen atoms in total.